The number of hydrogen-bond donors (Lipinski definition) is 2. The maximum Gasteiger partial charge on any atom is 0.307 e. The van der Waals surface area contributed by atoms with Gasteiger partial charge in [0, 0.05) is 38.6 Å². The van der Waals surface area contributed by atoms with Crippen molar-refractivity contribution >= 4 is 17.9 Å². The van der Waals surface area contributed by atoms with E-state index < -0.39 is 0 Å². The standard InChI is InChI=1S/C16H24N8O2/c1-2-26-13(25)5-8-18-14-20-15(23-10-3-6-17-9-12-23)22-16(21-14)24-11-4-7-19-24/h4,7,11,17H,2-3,5-6,8-10,12H2,1H3,(H,18,20,21,22). The summed E-state index contributed by atoms with van der Waals surface area (Å²) in [5.74, 6) is 1.21. The summed E-state index contributed by atoms with van der Waals surface area (Å²) in [7, 11) is 0. The molecule has 0 bridgehead atoms. The number of esters is 1. The van der Waals surface area contributed by atoms with Crippen molar-refractivity contribution in [2.75, 3.05) is 49.5 Å². The molecule has 3 rings (SSSR count). The molecule has 10 heteroatoms. The van der Waals surface area contributed by atoms with Crippen LogP contribution >= 0.6 is 0 Å². The highest BCUT2D eigenvalue weighted by atomic mass is 16.5. The second-order valence-electron chi connectivity index (χ2n) is 5.78. The van der Waals surface area contributed by atoms with Gasteiger partial charge in [-0.2, -0.15) is 20.1 Å². The van der Waals surface area contributed by atoms with Crippen molar-refractivity contribution in [1.29, 1.82) is 0 Å². The number of carbonyl (C=O) groups is 1. The van der Waals surface area contributed by atoms with Crippen molar-refractivity contribution in [2.24, 2.45) is 0 Å². The molecular weight excluding hydrogens is 336 g/mol. The summed E-state index contributed by atoms with van der Waals surface area (Å²) in [6, 6.07) is 1.81. The predicted molar refractivity (Wildman–Crippen MR) is 96.4 cm³/mol. The Labute approximate surface area is 152 Å². The molecule has 0 spiro atoms. The first-order valence-corrected chi connectivity index (χ1v) is 8.87. The van der Waals surface area contributed by atoms with Crippen LogP contribution in [0.15, 0.2) is 18.5 Å². The monoisotopic (exact) mass is 360 g/mol. The van der Waals surface area contributed by atoms with Crippen molar-refractivity contribution < 1.29 is 9.53 Å². The first kappa shape index (κ1) is 18.1. The van der Waals surface area contributed by atoms with Crippen molar-refractivity contribution in [3.05, 3.63) is 18.5 Å². The van der Waals surface area contributed by atoms with E-state index >= 15 is 0 Å². The Bertz CT molecular complexity index is 698. The van der Waals surface area contributed by atoms with Gasteiger partial charge in [0.15, 0.2) is 0 Å². The van der Waals surface area contributed by atoms with Gasteiger partial charge in [0.05, 0.1) is 13.0 Å². The summed E-state index contributed by atoms with van der Waals surface area (Å²) in [6.45, 7) is 6.12. The number of anilines is 2. The summed E-state index contributed by atoms with van der Waals surface area (Å²) in [5.41, 5.74) is 0. The Morgan fingerprint density at radius 3 is 2.96 bits per heavy atom. The zero-order chi connectivity index (χ0) is 18.2. The Balaban J connectivity index is 1.77. The van der Waals surface area contributed by atoms with Crippen LogP contribution in [-0.2, 0) is 9.53 Å². The third kappa shape index (κ3) is 4.88. The van der Waals surface area contributed by atoms with Crippen LogP contribution in [0.1, 0.15) is 19.8 Å². The molecule has 26 heavy (non-hydrogen) atoms. The van der Waals surface area contributed by atoms with E-state index in [0.29, 0.717) is 31.0 Å². The predicted octanol–water partition coefficient (Wildman–Crippen LogP) is 0.222. The summed E-state index contributed by atoms with van der Waals surface area (Å²) in [6.07, 6.45) is 4.73. The van der Waals surface area contributed by atoms with Crippen molar-refractivity contribution in [3.8, 4) is 5.95 Å². The second kappa shape index (κ2) is 9.09. The van der Waals surface area contributed by atoms with Gasteiger partial charge in [-0.1, -0.05) is 0 Å². The van der Waals surface area contributed by atoms with Crippen LogP contribution in [0.25, 0.3) is 5.95 Å². The van der Waals surface area contributed by atoms with E-state index in [4.69, 9.17) is 4.74 Å². The molecule has 2 aromatic heterocycles. The molecule has 0 radical (unpaired) electrons. The Hall–Kier alpha value is -2.75. The molecule has 0 unspecified atom stereocenters. The molecule has 0 aromatic carbocycles. The van der Waals surface area contributed by atoms with Gasteiger partial charge in [0.25, 0.3) is 5.95 Å². The maximum atomic E-state index is 11.5. The molecule has 2 aromatic rings. The average Bonchev–Trinajstić information content (AvgIpc) is 3.04. The average molecular weight is 360 g/mol. The largest absolute Gasteiger partial charge is 0.466 e. The van der Waals surface area contributed by atoms with Gasteiger partial charge in [-0.05, 0) is 26.0 Å². The lowest BCUT2D eigenvalue weighted by Crippen LogP contribution is -2.30. The molecule has 1 aliphatic heterocycles. The fraction of sp³-hybridized carbons (Fsp3) is 0.562. The van der Waals surface area contributed by atoms with E-state index in [9.17, 15) is 4.79 Å². The molecule has 1 saturated heterocycles. The fourth-order valence-corrected chi connectivity index (χ4v) is 2.62. The van der Waals surface area contributed by atoms with Crippen LogP contribution in [0.5, 0.6) is 0 Å². The van der Waals surface area contributed by atoms with Gasteiger partial charge in [0.1, 0.15) is 0 Å². The van der Waals surface area contributed by atoms with Gasteiger partial charge < -0.3 is 20.3 Å². The summed E-state index contributed by atoms with van der Waals surface area (Å²) >= 11 is 0. The Morgan fingerprint density at radius 2 is 2.15 bits per heavy atom. The van der Waals surface area contributed by atoms with E-state index in [1.807, 2.05) is 6.07 Å². The van der Waals surface area contributed by atoms with Crippen LogP contribution in [0.4, 0.5) is 11.9 Å². The summed E-state index contributed by atoms with van der Waals surface area (Å²) in [5, 5.41) is 10.6. The van der Waals surface area contributed by atoms with Crippen LogP contribution in [-0.4, -0.2) is 70.0 Å². The smallest absolute Gasteiger partial charge is 0.307 e. The lowest BCUT2D eigenvalue weighted by molar-refractivity contribution is -0.142. The van der Waals surface area contributed by atoms with Crippen molar-refractivity contribution in [2.45, 2.75) is 19.8 Å². The minimum Gasteiger partial charge on any atom is -0.466 e. The van der Waals surface area contributed by atoms with Gasteiger partial charge >= 0.3 is 5.97 Å². The number of carbonyl (C=O) groups excluding carboxylic acids is 1. The molecule has 0 amide bonds. The highest BCUT2D eigenvalue weighted by Crippen LogP contribution is 2.14. The van der Waals surface area contributed by atoms with Crippen LogP contribution < -0.4 is 15.5 Å². The molecule has 140 valence electrons. The Morgan fingerprint density at radius 1 is 1.27 bits per heavy atom. The van der Waals surface area contributed by atoms with E-state index in [2.05, 4.69) is 35.6 Å². The third-order valence-corrected chi connectivity index (χ3v) is 3.86. The molecule has 0 aliphatic carbocycles. The first-order chi connectivity index (χ1) is 12.8. The number of hydrogen-bond acceptors (Lipinski definition) is 9. The van der Waals surface area contributed by atoms with E-state index in [1.54, 1.807) is 24.0 Å². The fourth-order valence-electron chi connectivity index (χ4n) is 2.62. The minimum absolute atomic E-state index is 0.250. The topological polar surface area (TPSA) is 110 Å². The van der Waals surface area contributed by atoms with Gasteiger partial charge in [-0.15, -0.1) is 0 Å². The van der Waals surface area contributed by atoms with Gasteiger partial charge in [-0.3, -0.25) is 4.79 Å². The highest BCUT2D eigenvalue weighted by molar-refractivity contribution is 5.69. The Kier molecular flexibility index (Phi) is 6.31. The van der Waals surface area contributed by atoms with E-state index in [-0.39, 0.29) is 12.4 Å². The SMILES string of the molecule is CCOC(=O)CCNc1nc(N2CCCNCC2)nc(-n2cccn2)n1. The summed E-state index contributed by atoms with van der Waals surface area (Å²) in [4.78, 5) is 27.1. The minimum atomic E-state index is -0.250. The number of aromatic nitrogens is 5. The maximum absolute atomic E-state index is 11.5. The van der Waals surface area contributed by atoms with Crippen molar-refractivity contribution in [1.82, 2.24) is 30.0 Å². The third-order valence-electron chi connectivity index (χ3n) is 3.86. The highest BCUT2D eigenvalue weighted by Gasteiger charge is 2.16. The van der Waals surface area contributed by atoms with E-state index in [0.717, 1.165) is 32.6 Å². The number of rotatable bonds is 7. The quantitative estimate of drug-likeness (QED) is 0.670. The lowest BCUT2D eigenvalue weighted by Gasteiger charge is -2.20. The van der Waals surface area contributed by atoms with Crippen molar-refractivity contribution in [3.63, 3.8) is 0 Å². The molecule has 1 aliphatic rings. The van der Waals surface area contributed by atoms with Crippen LogP contribution in [0.3, 0.4) is 0 Å². The number of nitrogens with one attached hydrogen (secondary N) is 2. The number of nitrogens with zero attached hydrogens (tertiary/aromatic N) is 6. The molecular formula is C16H24N8O2. The van der Waals surface area contributed by atoms with Crippen LogP contribution in [0.2, 0.25) is 0 Å². The molecule has 0 saturated carbocycles. The molecule has 3 heterocycles. The molecule has 2 N–H and O–H groups in total. The zero-order valence-electron chi connectivity index (χ0n) is 14.9. The molecule has 0 atom stereocenters. The zero-order valence-corrected chi connectivity index (χ0v) is 14.9. The molecule has 1 fully saturated rings. The van der Waals surface area contributed by atoms with Gasteiger partial charge in [0.2, 0.25) is 11.9 Å². The van der Waals surface area contributed by atoms with E-state index in [1.165, 1.54) is 0 Å². The lowest BCUT2D eigenvalue weighted by atomic mass is 10.4. The first-order valence-electron chi connectivity index (χ1n) is 8.87. The normalized spacial score (nSPS) is 14.7. The second-order valence-corrected chi connectivity index (χ2v) is 5.78. The van der Waals surface area contributed by atoms with Gasteiger partial charge in [-0.25, -0.2) is 4.68 Å². The molecule has 10 nitrogen and oxygen atoms in total. The number of ether oxygens (including phenoxy) is 1. The van der Waals surface area contributed by atoms with Crippen LogP contribution in [0, 0.1) is 0 Å². The summed E-state index contributed by atoms with van der Waals surface area (Å²) < 4.78 is 6.53.